The van der Waals surface area contributed by atoms with Crippen molar-refractivity contribution in [3.63, 3.8) is 0 Å². The fourth-order valence-electron chi connectivity index (χ4n) is 13.5. The van der Waals surface area contributed by atoms with Crippen molar-refractivity contribution in [3.05, 3.63) is 45.7 Å². The Labute approximate surface area is 709 Å². The van der Waals surface area contributed by atoms with E-state index < -0.39 is 186 Å². The number of unbranched alkanes of at least 4 members (excludes halogenated alkanes) is 1. The number of benzene rings is 1. The molecule has 0 radical (unpaired) electrons. The van der Waals surface area contributed by atoms with Crippen molar-refractivity contribution in [2.24, 2.45) is 5.73 Å². The van der Waals surface area contributed by atoms with E-state index in [2.05, 4.69) is 53.2 Å². The lowest BCUT2D eigenvalue weighted by Crippen LogP contribution is -2.58. The number of carbonyl (C=O) groups is 18. The van der Waals surface area contributed by atoms with E-state index in [0.29, 0.717) is 80.6 Å². The van der Waals surface area contributed by atoms with Gasteiger partial charge in [0.25, 0.3) is 11.8 Å². The minimum absolute atomic E-state index is 0.0206. The van der Waals surface area contributed by atoms with Crippen molar-refractivity contribution < 1.29 is 126 Å². The number of likely N-dealkylation sites (tertiary alicyclic amines) is 2. The molecule has 4 heterocycles. The number of hydrogen-bond donors (Lipinski definition) is 16. The maximum absolute atomic E-state index is 15.1. The summed E-state index contributed by atoms with van der Waals surface area (Å²) in [6.07, 6.45) is -0.601. The van der Waals surface area contributed by atoms with Crippen LogP contribution in [0, 0.1) is 0 Å². The Kier molecular flexibility index (Phi) is 46.3. The predicted molar refractivity (Wildman–Crippen MR) is 435 cm³/mol. The van der Waals surface area contributed by atoms with Gasteiger partial charge in [-0.3, -0.25) is 106 Å². The lowest BCUT2D eigenvalue weighted by atomic mass is 10.0. The van der Waals surface area contributed by atoms with Crippen molar-refractivity contribution in [1.82, 2.24) is 77.7 Å². The smallest absolute Gasteiger partial charge is 0.320 e. The number of aliphatic hydroxyl groups excluding tert-OH is 1. The molecule has 1 aromatic carbocycles. The number of ether oxygens (including phenoxy) is 3. The summed E-state index contributed by atoms with van der Waals surface area (Å²) in [5.41, 5.74) is 5.87. The zero-order chi connectivity index (χ0) is 88.9. The molecule has 17 N–H and O–H groups in total. The number of aliphatic carboxylic acids is 4. The highest BCUT2D eigenvalue weighted by atomic mass is 32.2. The summed E-state index contributed by atoms with van der Waals surface area (Å²) in [4.78, 5) is 245. The molecule has 0 aliphatic carbocycles. The molecule has 4 aliphatic rings. The highest BCUT2D eigenvalue weighted by Gasteiger charge is 2.45. The zero-order valence-corrected chi connectivity index (χ0v) is 70.2. The van der Waals surface area contributed by atoms with Gasteiger partial charge in [-0.1, -0.05) is 50.1 Å². The molecule has 0 bridgehead atoms. The highest BCUT2D eigenvalue weighted by Crippen LogP contribution is 2.34. The second-order valence-electron chi connectivity index (χ2n) is 29.3. The molecular weight excluding hydrogens is 1630 g/mol. The van der Waals surface area contributed by atoms with Gasteiger partial charge in [0, 0.05) is 136 Å². The van der Waals surface area contributed by atoms with Crippen LogP contribution in [0.25, 0.3) is 0 Å². The molecule has 121 heavy (non-hydrogen) atoms. The van der Waals surface area contributed by atoms with Crippen molar-refractivity contribution in [1.29, 1.82) is 0 Å². The molecule has 4 aliphatic heterocycles. The first-order chi connectivity index (χ1) is 57.8. The van der Waals surface area contributed by atoms with E-state index in [4.69, 9.17) is 19.9 Å². The molecule has 42 nitrogen and oxygen atoms in total. The van der Waals surface area contributed by atoms with Gasteiger partial charge in [0.05, 0.1) is 68.3 Å². The normalized spacial score (nSPS) is 17.7. The van der Waals surface area contributed by atoms with Crippen molar-refractivity contribution in [3.8, 4) is 0 Å². The number of likely N-dealkylation sites (N-methyl/N-ethyl adjacent to an activating group) is 1. The molecule has 3 fully saturated rings. The molecule has 0 aromatic heterocycles. The van der Waals surface area contributed by atoms with Gasteiger partial charge in [0.2, 0.25) is 70.9 Å². The van der Waals surface area contributed by atoms with Gasteiger partial charge in [0.15, 0.2) is 0 Å². The summed E-state index contributed by atoms with van der Waals surface area (Å²) in [6, 6.07) is -2.32. The molecule has 1 aromatic rings. The van der Waals surface area contributed by atoms with Crippen LogP contribution in [0.4, 0.5) is 0 Å². The lowest BCUT2D eigenvalue weighted by Gasteiger charge is -2.33. The van der Waals surface area contributed by atoms with Crippen molar-refractivity contribution in [2.45, 2.75) is 184 Å². The largest absolute Gasteiger partial charge is 0.481 e. The maximum atomic E-state index is 15.1. The molecule has 3 saturated heterocycles. The van der Waals surface area contributed by atoms with Crippen molar-refractivity contribution in [2.75, 3.05) is 143 Å². The molecule has 0 spiro atoms. The van der Waals surface area contributed by atoms with Crippen LogP contribution in [0.5, 0.6) is 0 Å². The van der Waals surface area contributed by atoms with Crippen LogP contribution < -0.4 is 58.9 Å². The monoisotopic (exact) mass is 1750 g/mol. The topological polar surface area (TPSA) is 599 Å². The van der Waals surface area contributed by atoms with Gasteiger partial charge in [-0.2, -0.15) is 0 Å². The SMILES string of the molecule is CCCC[C@H](NC(=O)CCC(=O)NCCCOCCOCCOCCCNC(=O)CC[C@H](C(=O)O)N1CCN(CC(=O)O)CCN(CC(=O)O)CC1)C(=O)N[C@@H](CSC1=C(SC[C@H](NC(=O)[C@H](Cc2ccccc2)NC(=O)[C@H](CCC(N)=O)NC(=O)C[C@@H](C)O)C(=O)NCCC(=O)O)C(=O)NC1=O)C(=O)N1CCC[C@H]1C(=O)N1CCC[C@H]1C(=O)NC. The Hall–Kier alpha value is -9.96. The van der Waals surface area contributed by atoms with E-state index in [1.807, 2.05) is 6.92 Å². The number of thioether (sulfide) groups is 2. The summed E-state index contributed by atoms with van der Waals surface area (Å²) in [5, 5.41) is 73.6. The average Bonchev–Trinajstić information content (AvgIpc) is 1.66. The minimum atomic E-state index is -1.67. The third-order valence-electron chi connectivity index (χ3n) is 19.8. The predicted octanol–water partition coefficient (Wildman–Crippen LogP) is -4.30. The third kappa shape index (κ3) is 37.9. The molecule has 9 atom stereocenters. The van der Waals surface area contributed by atoms with Crippen molar-refractivity contribution >= 4 is 130 Å². The number of primary amides is 1. The van der Waals surface area contributed by atoms with Gasteiger partial charge < -0.3 is 103 Å². The Morgan fingerprint density at radius 2 is 1.02 bits per heavy atom. The van der Waals surface area contributed by atoms with E-state index in [1.165, 1.54) is 23.8 Å². The molecular formula is C77H118N16O26S2. The number of rotatable bonds is 57. The summed E-state index contributed by atoms with van der Waals surface area (Å²) in [7, 11) is 1.43. The number of aliphatic hydroxyl groups is 1. The van der Waals surface area contributed by atoms with E-state index in [-0.39, 0.29) is 185 Å². The minimum Gasteiger partial charge on any atom is -0.481 e. The van der Waals surface area contributed by atoms with Gasteiger partial charge in [-0.15, -0.1) is 23.5 Å². The van der Waals surface area contributed by atoms with Crippen LogP contribution in [-0.4, -0.2) is 354 Å². The van der Waals surface area contributed by atoms with E-state index in [0.717, 1.165) is 0 Å². The van der Waals surface area contributed by atoms with Crippen LogP contribution >= 0.6 is 23.5 Å². The molecule has 44 heteroatoms. The number of nitrogens with one attached hydrogen (secondary N) is 10. The van der Waals surface area contributed by atoms with Gasteiger partial charge >= 0.3 is 23.9 Å². The maximum Gasteiger partial charge on any atom is 0.320 e. The fraction of sp³-hybridized carbons (Fsp3) is 0.662. The summed E-state index contributed by atoms with van der Waals surface area (Å²) in [6.45, 7) is 5.80. The zero-order valence-electron chi connectivity index (χ0n) is 68.6. The van der Waals surface area contributed by atoms with Crippen LogP contribution in [0.2, 0.25) is 0 Å². The standard InChI is InChI=1S/C77H118N16O26S2/c1-4-5-15-50(83-61(98)23-22-60(97)81-26-12-37-118-39-41-119-40-38-117-36-11-25-80-59(96)21-19-57(77(115)116)91-34-32-89(44-64(102)103)30-31-90(33-35-91)45-65(104)105)69(107)87-54(75(113)93-29-10-17-56(93)76(114)92-28-9-16-55(92)72(110)79-3)47-121-67-66(73(111)88-74(67)112)120-46-53(68(106)82-27-24-63(100)101)86-71(109)52(43-49-13-7-6-8-14-49)85-70(108)51(18-20-58(78)95)84-62(99)42-48(2)94/h6-8,13-14,48,50-57,94H,4-5,9-12,15-47H2,1-3H3,(H2,78,95)(H,79,110)(H,80,96)(H,81,97)(H,82,106)(H,83,98)(H,84,99)(H,85,108)(H,86,109)(H,87,107)(H,100,101)(H,102,103)(H,104,105)(H,115,116)(H,88,111,112)/t48-,50+,51+,52+,53+,54+,55+,56+,57-/m1/s1. The third-order valence-corrected chi connectivity index (χ3v) is 22.3. The Bertz CT molecular complexity index is 3710. The number of carbonyl (C=O) groups excluding carboxylic acids is 14. The number of amides is 14. The molecule has 14 amide bonds. The van der Waals surface area contributed by atoms with Crippen LogP contribution in [-0.2, 0) is 107 Å². The summed E-state index contributed by atoms with van der Waals surface area (Å²) in [5.74, 6) is -16.2. The van der Waals surface area contributed by atoms with Gasteiger partial charge in [0.1, 0.15) is 48.3 Å². The first-order valence-corrected chi connectivity index (χ1v) is 42.6. The quantitative estimate of drug-likeness (QED) is 0.0217. The molecule has 0 unspecified atom stereocenters. The van der Waals surface area contributed by atoms with Crippen LogP contribution in [0.1, 0.15) is 129 Å². The number of hydrogen-bond acceptors (Lipinski definition) is 27. The van der Waals surface area contributed by atoms with Gasteiger partial charge in [-0.25, -0.2) is 0 Å². The van der Waals surface area contributed by atoms with E-state index in [9.17, 15) is 107 Å². The first kappa shape index (κ1) is 102. The lowest BCUT2D eigenvalue weighted by molar-refractivity contribution is -0.147. The molecule has 5 rings (SSSR count). The second kappa shape index (κ2) is 55.1. The van der Waals surface area contributed by atoms with Crippen LogP contribution in [0.3, 0.4) is 0 Å². The highest BCUT2D eigenvalue weighted by molar-refractivity contribution is 8.08. The van der Waals surface area contributed by atoms with E-state index in [1.54, 1.807) is 45.0 Å². The number of carboxylic acid groups (broad SMARTS) is 4. The Morgan fingerprint density at radius 1 is 0.521 bits per heavy atom. The number of carboxylic acids is 4. The second-order valence-corrected chi connectivity index (χ2v) is 31.4. The van der Waals surface area contributed by atoms with E-state index >= 15 is 4.79 Å². The summed E-state index contributed by atoms with van der Waals surface area (Å²) < 4.78 is 16.8. The first-order valence-electron chi connectivity index (χ1n) is 40.6. The number of nitrogens with two attached hydrogens (primary N) is 1. The fourth-order valence-corrected chi connectivity index (χ4v) is 15.8. The number of imide groups is 1. The molecule has 0 saturated carbocycles. The Morgan fingerprint density at radius 3 is 1.57 bits per heavy atom. The molecule has 674 valence electrons. The number of nitrogens with zero attached hydrogens (tertiary/aromatic N) is 5. The van der Waals surface area contributed by atoms with Crippen LogP contribution in [0.15, 0.2) is 40.1 Å². The average molecular weight is 1750 g/mol. The summed E-state index contributed by atoms with van der Waals surface area (Å²) >= 11 is 1.24. The van der Waals surface area contributed by atoms with Gasteiger partial charge in [-0.05, 0) is 70.3 Å². The Balaban J connectivity index is 1.16.